The molecule has 0 unspecified atom stereocenters. The van der Waals surface area contributed by atoms with Crippen molar-refractivity contribution < 1.29 is 19.1 Å². The SMILES string of the molecule is O=C(c1coc2ccccc12)C1(CO)COC1. The van der Waals surface area contributed by atoms with Crippen LogP contribution in [-0.4, -0.2) is 30.7 Å². The molecule has 4 heteroatoms. The van der Waals surface area contributed by atoms with Crippen LogP contribution in [0.25, 0.3) is 11.0 Å². The standard InChI is InChI=1S/C13H12O4/c14-6-13(7-16-8-13)12(15)10-5-17-11-4-2-1-3-9(10)11/h1-5,14H,6-8H2. The van der Waals surface area contributed by atoms with Gasteiger partial charge in [-0.3, -0.25) is 4.79 Å². The molecule has 0 atom stereocenters. The lowest BCUT2D eigenvalue weighted by Crippen LogP contribution is -2.51. The van der Waals surface area contributed by atoms with E-state index in [1.54, 1.807) is 0 Å². The fraction of sp³-hybridized carbons (Fsp3) is 0.308. The van der Waals surface area contributed by atoms with Crippen molar-refractivity contribution in [2.75, 3.05) is 19.8 Å². The second-order valence-corrected chi connectivity index (χ2v) is 4.41. The number of carbonyl (C=O) groups excluding carboxylic acids is 1. The highest BCUT2D eigenvalue weighted by Crippen LogP contribution is 2.34. The van der Waals surface area contributed by atoms with E-state index in [-0.39, 0.29) is 25.6 Å². The smallest absolute Gasteiger partial charge is 0.179 e. The molecule has 3 rings (SSSR count). The van der Waals surface area contributed by atoms with Crippen LogP contribution < -0.4 is 0 Å². The minimum atomic E-state index is -0.771. The Kier molecular flexibility index (Phi) is 2.28. The summed E-state index contributed by atoms with van der Waals surface area (Å²) in [4.78, 5) is 12.4. The highest BCUT2D eigenvalue weighted by atomic mass is 16.5. The van der Waals surface area contributed by atoms with Gasteiger partial charge in [0.15, 0.2) is 5.78 Å². The molecule has 1 saturated heterocycles. The first-order valence-corrected chi connectivity index (χ1v) is 5.46. The van der Waals surface area contributed by atoms with E-state index in [4.69, 9.17) is 9.15 Å². The van der Waals surface area contributed by atoms with Crippen molar-refractivity contribution in [1.82, 2.24) is 0 Å². The molecular formula is C13H12O4. The van der Waals surface area contributed by atoms with Gasteiger partial charge in [-0.2, -0.15) is 0 Å². The lowest BCUT2D eigenvalue weighted by atomic mass is 9.79. The highest BCUT2D eigenvalue weighted by Gasteiger charge is 2.46. The van der Waals surface area contributed by atoms with Gasteiger partial charge in [-0.1, -0.05) is 18.2 Å². The zero-order chi connectivity index (χ0) is 11.9. The Bertz CT molecular complexity index is 560. The molecular weight excluding hydrogens is 220 g/mol. The van der Waals surface area contributed by atoms with Gasteiger partial charge in [0, 0.05) is 5.39 Å². The number of aliphatic hydroxyl groups is 1. The number of carbonyl (C=O) groups is 1. The van der Waals surface area contributed by atoms with E-state index < -0.39 is 5.41 Å². The summed E-state index contributed by atoms with van der Waals surface area (Å²) in [7, 11) is 0. The number of fused-ring (bicyclic) bond motifs is 1. The molecule has 1 aliphatic heterocycles. The second-order valence-electron chi connectivity index (χ2n) is 4.41. The highest BCUT2D eigenvalue weighted by molar-refractivity contribution is 6.10. The maximum atomic E-state index is 12.4. The largest absolute Gasteiger partial charge is 0.464 e. The topological polar surface area (TPSA) is 59.7 Å². The van der Waals surface area contributed by atoms with E-state index in [1.807, 2.05) is 24.3 Å². The van der Waals surface area contributed by atoms with E-state index in [1.165, 1.54) is 6.26 Å². The zero-order valence-electron chi connectivity index (χ0n) is 9.18. The molecule has 0 spiro atoms. The van der Waals surface area contributed by atoms with Crippen molar-refractivity contribution >= 4 is 16.8 Å². The first-order chi connectivity index (χ1) is 8.27. The average Bonchev–Trinajstić information content (AvgIpc) is 2.71. The third-order valence-corrected chi connectivity index (χ3v) is 3.27. The van der Waals surface area contributed by atoms with Crippen LogP contribution in [0.4, 0.5) is 0 Å². The van der Waals surface area contributed by atoms with Crippen LogP contribution in [-0.2, 0) is 4.74 Å². The van der Waals surface area contributed by atoms with Crippen molar-refractivity contribution in [3.63, 3.8) is 0 Å². The Balaban J connectivity index is 2.07. The number of rotatable bonds is 3. The number of ether oxygens (including phenoxy) is 1. The molecule has 2 heterocycles. The Morgan fingerprint density at radius 3 is 2.76 bits per heavy atom. The third kappa shape index (κ3) is 1.41. The minimum Gasteiger partial charge on any atom is -0.464 e. The van der Waals surface area contributed by atoms with Gasteiger partial charge in [0.05, 0.1) is 25.4 Å². The first kappa shape index (κ1) is 10.5. The van der Waals surface area contributed by atoms with Crippen LogP contribution in [0, 0.1) is 5.41 Å². The molecule has 1 aromatic heterocycles. The average molecular weight is 232 g/mol. The van der Waals surface area contributed by atoms with Crippen LogP contribution >= 0.6 is 0 Å². The summed E-state index contributed by atoms with van der Waals surface area (Å²) in [6.45, 7) is 0.370. The normalized spacial score (nSPS) is 17.9. The zero-order valence-corrected chi connectivity index (χ0v) is 9.18. The number of aliphatic hydroxyl groups excluding tert-OH is 1. The molecule has 17 heavy (non-hydrogen) atoms. The Hall–Kier alpha value is -1.65. The summed E-state index contributed by atoms with van der Waals surface area (Å²) in [5.74, 6) is -0.101. The Morgan fingerprint density at radius 1 is 1.35 bits per heavy atom. The van der Waals surface area contributed by atoms with Crippen LogP contribution in [0.2, 0.25) is 0 Å². The van der Waals surface area contributed by atoms with Gasteiger partial charge < -0.3 is 14.3 Å². The minimum absolute atomic E-state index is 0.101. The predicted octanol–water partition coefficient (Wildman–Crippen LogP) is 1.62. The number of furan rings is 1. The molecule has 2 aromatic rings. The number of benzene rings is 1. The maximum Gasteiger partial charge on any atom is 0.179 e. The fourth-order valence-electron chi connectivity index (χ4n) is 2.08. The monoisotopic (exact) mass is 232 g/mol. The van der Waals surface area contributed by atoms with Crippen LogP contribution in [0.3, 0.4) is 0 Å². The number of para-hydroxylation sites is 1. The molecule has 0 bridgehead atoms. The van der Waals surface area contributed by atoms with Gasteiger partial charge in [0.2, 0.25) is 0 Å². The molecule has 4 nitrogen and oxygen atoms in total. The number of Topliss-reactive ketones (excluding diaryl/α,β-unsaturated/α-hetero) is 1. The fourth-order valence-corrected chi connectivity index (χ4v) is 2.08. The summed E-state index contributed by atoms with van der Waals surface area (Å²) in [6.07, 6.45) is 1.46. The summed E-state index contributed by atoms with van der Waals surface area (Å²) < 4.78 is 10.4. The van der Waals surface area contributed by atoms with Gasteiger partial charge in [-0.05, 0) is 6.07 Å². The van der Waals surface area contributed by atoms with Crippen molar-refractivity contribution in [3.05, 3.63) is 36.1 Å². The molecule has 1 aromatic carbocycles. The van der Waals surface area contributed by atoms with E-state index in [0.717, 1.165) is 5.39 Å². The number of hydrogen-bond donors (Lipinski definition) is 1. The Labute approximate surface area is 97.8 Å². The summed E-state index contributed by atoms with van der Waals surface area (Å²) >= 11 is 0. The summed E-state index contributed by atoms with van der Waals surface area (Å²) in [6, 6.07) is 7.37. The predicted molar refractivity (Wildman–Crippen MR) is 60.9 cm³/mol. The lowest BCUT2D eigenvalue weighted by Gasteiger charge is -2.37. The van der Waals surface area contributed by atoms with Crippen molar-refractivity contribution in [3.8, 4) is 0 Å². The second kappa shape index (κ2) is 3.68. The number of ketones is 1. The maximum absolute atomic E-state index is 12.4. The molecule has 0 amide bonds. The Morgan fingerprint density at radius 2 is 2.12 bits per heavy atom. The molecule has 0 aliphatic carbocycles. The molecule has 1 N–H and O–H groups in total. The molecule has 0 radical (unpaired) electrons. The van der Waals surface area contributed by atoms with Gasteiger partial charge >= 0.3 is 0 Å². The van der Waals surface area contributed by atoms with Crippen LogP contribution in [0.15, 0.2) is 34.9 Å². The van der Waals surface area contributed by atoms with Crippen molar-refractivity contribution in [2.45, 2.75) is 0 Å². The van der Waals surface area contributed by atoms with Gasteiger partial charge in [-0.15, -0.1) is 0 Å². The van der Waals surface area contributed by atoms with Crippen molar-refractivity contribution in [1.29, 1.82) is 0 Å². The van der Waals surface area contributed by atoms with Crippen molar-refractivity contribution in [2.24, 2.45) is 5.41 Å². The first-order valence-electron chi connectivity index (χ1n) is 5.46. The lowest BCUT2D eigenvalue weighted by molar-refractivity contribution is -0.109. The van der Waals surface area contributed by atoms with Gasteiger partial charge in [0.25, 0.3) is 0 Å². The quantitative estimate of drug-likeness (QED) is 0.817. The molecule has 1 fully saturated rings. The van der Waals surface area contributed by atoms with Gasteiger partial charge in [-0.25, -0.2) is 0 Å². The molecule has 88 valence electrons. The summed E-state index contributed by atoms with van der Waals surface area (Å²) in [5.41, 5.74) is 0.439. The van der Waals surface area contributed by atoms with Gasteiger partial charge in [0.1, 0.15) is 17.3 Å². The molecule has 0 saturated carbocycles. The summed E-state index contributed by atoms with van der Waals surface area (Å²) in [5, 5.41) is 10.1. The van der Waals surface area contributed by atoms with Crippen LogP contribution in [0.5, 0.6) is 0 Å². The molecule has 1 aliphatic rings. The third-order valence-electron chi connectivity index (χ3n) is 3.27. The van der Waals surface area contributed by atoms with Crippen LogP contribution in [0.1, 0.15) is 10.4 Å². The number of hydrogen-bond acceptors (Lipinski definition) is 4. The van der Waals surface area contributed by atoms with E-state index in [9.17, 15) is 9.90 Å². The van der Waals surface area contributed by atoms with E-state index >= 15 is 0 Å². The van der Waals surface area contributed by atoms with E-state index in [2.05, 4.69) is 0 Å². The van der Waals surface area contributed by atoms with E-state index in [0.29, 0.717) is 11.1 Å².